The Bertz CT molecular complexity index is 1310. The molecule has 0 fully saturated rings. The lowest BCUT2D eigenvalue weighted by atomic mass is 10.2. The van der Waals surface area contributed by atoms with Crippen LogP contribution in [-0.4, -0.2) is 35.6 Å². The molecule has 0 bridgehead atoms. The monoisotopic (exact) mass is 494 g/mol. The second-order valence-corrected chi connectivity index (χ2v) is 12.0. The first-order valence-corrected chi connectivity index (χ1v) is 13.4. The van der Waals surface area contributed by atoms with Gasteiger partial charge in [-0.2, -0.15) is 0 Å². The van der Waals surface area contributed by atoms with E-state index in [9.17, 15) is 21.6 Å². The van der Waals surface area contributed by atoms with E-state index in [1.807, 2.05) is 4.72 Å². The third kappa shape index (κ3) is 5.74. The summed E-state index contributed by atoms with van der Waals surface area (Å²) in [7, 11) is -6.26. The minimum Gasteiger partial charge on any atom is -0.497 e. The van der Waals surface area contributed by atoms with Gasteiger partial charge in [0.1, 0.15) is 9.96 Å². The number of amides is 1. The first-order valence-electron chi connectivity index (χ1n) is 9.46. The molecule has 0 aliphatic carbocycles. The molecule has 0 unspecified atom stereocenters. The summed E-state index contributed by atoms with van der Waals surface area (Å²) in [4.78, 5) is 13.1. The molecule has 1 amide bonds. The average Bonchev–Trinajstić information content (AvgIpc) is 3.28. The Morgan fingerprint density at radius 1 is 1.03 bits per heavy atom. The number of methoxy groups -OCH3 is 1. The van der Waals surface area contributed by atoms with E-state index in [-0.39, 0.29) is 33.4 Å². The maximum atomic E-state index is 12.8. The Morgan fingerprint density at radius 2 is 1.75 bits per heavy atom. The highest BCUT2D eigenvalue weighted by atomic mass is 32.2. The zero-order valence-corrected chi connectivity index (χ0v) is 19.6. The van der Waals surface area contributed by atoms with Crippen LogP contribution in [-0.2, 0) is 32.8 Å². The summed E-state index contributed by atoms with van der Waals surface area (Å²) in [5.74, 6) is -0.549. The molecule has 11 heteroatoms. The Labute approximate surface area is 191 Å². The molecule has 2 aromatic carbocycles. The number of hydrogen-bond donors (Lipinski definition) is 2. The van der Waals surface area contributed by atoms with Crippen molar-refractivity contribution in [3.63, 3.8) is 0 Å². The highest BCUT2D eigenvalue weighted by Gasteiger charge is 2.22. The predicted octanol–water partition coefficient (Wildman–Crippen LogP) is 2.35. The predicted molar refractivity (Wildman–Crippen MR) is 122 cm³/mol. The molecule has 1 heterocycles. The molecular formula is C21H22N2O6S3. The Morgan fingerprint density at radius 3 is 2.38 bits per heavy atom. The first kappa shape index (κ1) is 23.9. The maximum Gasteiger partial charge on any atom is 0.264 e. The molecule has 3 aromatic rings. The van der Waals surface area contributed by atoms with Crippen molar-refractivity contribution in [1.29, 1.82) is 0 Å². The summed E-state index contributed by atoms with van der Waals surface area (Å²) in [5, 5.41) is 0. The minimum atomic E-state index is -3.94. The van der Waals surface area contributed by atoms with Gasteiger partial charge in [-0.05, 0) is 54.4 Å². The number of hydrogen-bond acceptors (Lipinski definition) is 8. The Balaban J connectivity index is 1.71. The average molecular weight is 495 g/mol. The van der Waals surface area contributed by atoms with Crippen LogP contribution in [0.3, 0.4) is 0 Å². The van der Waals surface area contributed by atoms with E-state index in [0.29, 0.717) is 10.6 Å². The SMILES string of the molecule is COc1ccc(CCS(=O)(=O)NC(=O)c2cccc(S(=O)(=O)c3ccc(CN)s3)c2)cc1. The number of ether oxygens (including phenoxy) is 1. The Kier molecular flexibility index (Phi) is 7.34. The largest absolute Gasteiger partial charge is 0.497 e. The van der Waals surface area contributed by atoms with Gasteiger partial charge in [0.2, 0.25) is 19.9 Å². The summed E-state index contributed by atoms with van der Waals surface area (Å²) < 4.78 is 57.6. The number of sulfone groups is 1. The summed E-state index contributed by atoms with van der Waals surface area (Å²) in [6.45, 7) is 0.219. The van der Waals surface area contributed by atoms with E-state index in [2.05, 4.69) is 0 Å². The maximum absolute atomic E-state index is 12.8. The van der Waals surface area contributed by atoms with Crippen molar-refractivity contribution in [2.45, 2.75) is 22.1 Å². The summed E-state index contributed by atoms with van der Waals surface area (Å²) in [6.07, 6.45) is 0.197. The van der Waals surface area contributed by atoms with Gasteiger partial charge in [0, 0.05) is 17.0 Å². The number of nitrogens with two attached hydrogens (primary N) is 1. The van der Waals surface area contributed by atoms with Crippen molar-refractivity contribution in [3.05, 3.63) is 76.7 Å². The number of benzene rings is 2. The zero-order chi connectivity index (χ0) is 23.4. The van der Waals surface area contributed by atoms with E-state index >= 15 is 0 Å². The Hall–Kier alpha value is -2.73. The second kappa shape index (κ2) is 9.82. The molecule has 3 rings (SSSR count). The van der Waals surface area contributed by atoms with Crippen LogP contribution >= 0.6 is 11.3 Å². The molecule has 0 spiro atoms. The van der Waals surface area contributed by atoms with Gasteiger partial charge in [-0.1, -0.05) is 18.2 Å². The number of carbonyl (C=O) groups is 1. The molecular weight excluding hydrogens is 472 g/mol. The molecule has 170 valence electrons. The van der Waals surface area contributed by atoms with Gasteiger partial charge >= 0.3 is 0 Å². The topological polar surface area (TPSA) is 133 Å². The third-order valence-corrected chi connectivity index (χ3v) is 9.17. The minimum absolute atomic E-state index is 0.0744. The smallest absolute Gasteiger partial charge is 0.264 e. The highest BCUT2D eigenvalue weighted by Crippen LogP contribution is 2.28. The fourth-order valence-corrected chi connectivity index (χ4v) is 6.52. The molecule has 0 radical (unpaired) electrons. The molecule has 0 saturated heterocycles. The molecule has 0 aliphatic rings. The van der Waals surface area contributed by atoms with Crippen LogP contribution in [0.2, 0.25) is 0 Å². The van der Waals surface area contributed by atoms with E-state index in [1.165, 1.54) is 31.4 Å². The summed E-state index contributed by atoms with van der Waals surface area (Å²) in [5.41, 5.74) is 6.24. The normalized spacial score (nSPS) is 11.8. The molecule has 3 N–H and O–H groups in total. The van der Waals surface area contributed by atoms with Crippen LogP contribution in [0.4, 0.5) is 0 Å². The first-order chi connectivity index (χ1) is 15.1. The highest BCUT2D eigenvalue weighted by molar-refractivity contribution is 7.93. The van der Waals surface area contributed by atoms with Gasteiger partial charge in [-0.25, -0.2) is 21.6 Å². The molecule has 0 atom stereocenters. The number of nitrogens with one attached hydrogen (secondary N) is 1. The fraction of sp³-hybridized carbons (Fsp3) is 0.190. The fourth-order valence-electron chi connectivity index (χ4n) is 2.83. The van der Waals surface area contributed by atoms with Crippen molar-refractivity contribution in [3.8, 4) is 5.75 Å². The summed E-state index contributed by atoms with van der Waals surface area (Å²) >= 11 is 1.05. The molecule has 0 aliphatic heterocycles. The molecule has 1 aromatic heterocycles. The summed E-state index contributed by atoms with van der Waals surface area (Å²) in [6, 6.07) is 15.3. The molecule has 32 heavy (non-hydrogen) atoms. The van der Waals surface area contributed by atoms with E-state index < -0.39 is 25.8 Å². The van der Waals surface area contributed by atoms with Crippen molar-refractivity contribution >= 4 is 37.1 Å². The van der Waals surface area contributed by atoms with Crippen molar-refractivity contribution < 1.29 is 26.4 Å². The van der Waals surface area contributed by atoms with Crippen molar-refractivity contribution in [2.24, 2.45) is 5.73 Å². The molecule has 8 nitrogen and oxygen atoms in total. The number of aryl methyl sites for hydroxylation is 1. The van der Waals surface area contributed by atoms with Gasteiger partial charge in [-0.3, -0.25) is 4.79 Å². The zero-order valence-electron chi connectivity index (χ0n) is 17.1. The quantitative estimate of drug-likeness (QED) is 0.466. The number of sulfonamides is 1. The van der Waals surface area contributed by atoms with E-state index in [1.54, 1.807) is 30.3 Å². The van der Waals surface area contributed by atoms with E-state index in [4.69, 9.17) is 10.5 Å². The lowest BCUT2D eigenvalue weighted by molar-refractivity contribution is 0.0981. The van der Waals surface area contributed by atoms with Crippen LogP contribution in [0.15, 0.2) is 69.8 Å². The van der Waals surface area contributed by atoms with Gasteiger partial charge in [0.25, 0.3) is 5.91 Å². The molecule has 0 saturated carbocycles. The third-order valence-electron chi connectivity index (χ3n) is 4.58. The van der Waals surface area contributed by atoms with Gasteiger partial charge in [-0.15, -0.1) is 11.3 Å². The van der Waals surface area contributed by atoms with Crippen LogP contribution < -0.4 is 15.2 Å². The number of thiophene rings is 1. The van der Waals surface area contributed by atoms with E-state index in [0.717, 1.165) is 23.0 Å². The van der Waals surface area contributed by atoms with Gasteiger partial charge in [0.15, 0.2) is 0 Å². The second-order valence-electron chi connectivity index (χ2n) is 6.80. The van der Waals surface area contributed by atoms with Crippen LogP contribution in [0.25, 0.3) is 0 Å². The standard InChI is InChI=1S/C21H22N2O6S3/c1-29-17-7-5-15(6-8-17)11-12-31(25,26)23-21(24)16-3-2-4-19(13-16)32(27,28)20-10-9-18(14-22)30-20/h2-10,13H,11-12,14,22H2,1H3,(H,23,24). The van der Waals surface area contributed by atoms with Crippen LogP contribution in [0, 0.1) is 0 Å². The van der Waals surface area contributed by atoms with Gasteiger partial charge < -0.3 is 10.5 Å². The lowest BCUT2D eigenvalue weighted by Crippen LogP contribution is -2.33. The number of carbonyl (C=O) groups excluding carboxylic acids is 1. The lowest BCUT2D eigenvalue weighted by Gasteiger charge is -2.09. The van der Waals surface area contributed by atoms with Gasteiger partial charge in [0.05, 0.1) is 17.8 Å². The van der Waals surface area contributed by atoms with Crippen LogP contribution in [0.5, 0.6) is 5.75 Å². The number of rotatable bonds is 9. The van der Waals surface area contributed by atoms with Crippen molar-refractivity contribution in [1.82, 2.24) is 4.72 Å². The van der Waals surface area contributed by atoms with Crippen molar-refractivity contribution in [2.75, 3.05) is 12.9 Å². The van der Waals surface area contributed by atoms with Crippen LogP contribution in [0.1, 0.15) is 20.8 Å².